The lowest BCUT2D eigenvalue weighted by Gasteiger charge is -2.29. The van der Waals surface area contributed by atoms with Crippen molar-refractivity contribution in [3.05, 3.63) is 61.7 Å². The summed E-state index contributed by atoms with van der Waals surface area (Å²) < 4.78 is 1.09. The zero-order valence-electron chi connectivity index (χ0n) is 13.8. The molecule has 1 N–H and O–H groups in total. The number of fused-ring (bicyclic) bond motifs is 1. The van der Waals surface area contributed by atoms with E-state index in [9.17, 15) is 4.79 Å². The Hall–Kier alpha value is -1.46. The monoisotopic (exact) mass is 375 g/mol. The zero-order chi connectivity index (χ0) is 16.6. The van der Waals surface area contributed by atoms with Crippen molar-refractivity contribution in [2.45, 2.75) is 45.7 Å². The van der Waals surface area contributed by atoms with Gasteiger partial charge in [-0.1, -0.05) is 48.8 Å². The van der Waals surface area contributed by atoms with Gasteiger partial charge in [0.1, 0.15) is 5.82 Å². The molecule has 23 heavy (non-hydrogen) atoms. The van der Waals surface area contributed by atoms with E-state index in [1.165, 1.54) is 5.56 Å². The summed E-state index contributed by atoms with van der Waals surface area (Å²) in [7, 11) is 0. The summed E-state index contributed by atoms with van der Waals surface area (Å²) in [6, 6.07) is 8.36. The molecule has 0 spiro atoms. The molecule has 3 rings (SSSR count). The molecule has 4 nitrogen and oxygen atoms in total. The van der Waals surface area contributed by atoms with E-state index < -0.39 is 0 Å². The Bertz CT molecular complexity index is 777. The fourth-order valence-electron chi connectivity index (χ4n) is 2.88. The molecule has 0 saturated heterocycles. The van der Waals surface area contributed by atoms with Gasteiger partial charge in [-0.3, -0.25) is 9.69 Å². The molecule has 0 aliphatic carbocycles. The highest BCUT2D eigenvalue weighted by Crippen LogP contribution is 2.22. The molecular formula is C18H22BrN3O. The summed E-state index contributed by atoms with van der Waals surface area (Å²) in [5, 5.41) is 0. The topological polar surface area (TPSA) is 49.0 Å². The van der Waals surface area contributed by atoms with E-state index in [4.69, 9.17) is 4.98 Å². The lowest BCUT2D eigenvalue weighted by atomic mass is 9.95. The van der Waals surface area contributed by atoms with Crippen molar-refractivity contribution >= 4 is 15.9 Å². The van der Waals surface area contributed by atoms with Crippen LogP contribution in [0.4, 0.5) is 0 Å². The van der Waals surface area contributed by atoms with Gasteiger partial charge >= 0.3 is 0 Å². The van der Waals surface area contributed by atoms with E-state index in [1.54, 1.807) is 0 Å². The van der Waals surface area contributed by atoms with Crippen LogP contribution in [0, 0.1) is 0 Å². The van der Waals surface area contributed by atoms with Crippen LogP contribution >= 0.6 is 15.9 Å². The van der Waals surface area contributed by atoms with E-state index in [2.05, 4.69) is 64.8 Å². The SMILES string of the molecule is CC(C)(C)c1nc2c(c(=O)[nH]1)CCN(Cc1cccc(Br)c1)C2. The van der Waals surface area contributed by atoms with Gasteiger partial charge < -0.3 is 4.98 Å². The molecule has 0 atom stereocenters. The lowest BCUT2D eigenvalue weighted by molar-refractivity contribution is 0.239. The normalized spacial score (nSPS) is 15.5. The first-order chi connectivity index (χ1) is 10.8. The number of nitrogens with one attached hydrogen (secondary N) is 1. The number of hydrogen-bond donors (Lipinski definition) is 1. The van der Waals surface area contributed by atoms with Crippen LogP contribution in [-0.2, 0) is 24.9 Å². The second kappa shape index (κ2) is 6.21. The largest absolute Gasteiger partial charge is 0.310 e. The van der Waals surface area contributed by atoms with Gasteiger partial charge in [0.15, 0.2) is 0 Å². The predicted octanol–water partition coefficient (Wildman–Crippen LogP) is 3.39. The Morgan fingerprint density at radius 1 is 1.35 bits per heavy atom. The van der Waals surface area contributed by atoms with E-state index in [0.29, 0.717) is 0 Å². The van der Waals surface area contributed by atoms with Crippen LogP contribution in [0.15, 0.2) is 33.5 Å². The van der Waals surface area contributed by atoms with Crippen molar-refractivity contribution in [2.24, 2.45) is 0 Å². The fraction of sp³-hybridized carbons (Fsp3) is 0.444. The highest BCUT2D eigenvalue weighted by atomic mass is 79.9. The van der Waals surface area contributed by atoms with Crippen molar-refractivity contribution in [2.75, 3.05) is 6.54 Å². The summed E-state index contributed by atoms with van der Waals surface area (Å²) in [5.74, 6) is 0.769. The molecule has 5 heteroatoms. The lowest BCUT2D eigenvalue weighted by Crippen LogP contribution is -2.36. The second-order valence-electron chi connectivity index (χ2n) is 7.18. The molecule has 1 aromatic carbocycles. The molecule has 1 aliphatic heterocycles. The van der Waals surface area contributed by atoms with Crippen molar-refractivity contribution in [3.8, 4) is 0 Å². The number of aromatic nitrogens is 2. The zero-order valence-corrected chi connectivity index (χ0v) is 15.4. The van der Waals surface area contributed by atoms with E-state index in [1.807, 2.05) is 6.07 Å². The quantitative estimate of drug-likeness (QED) is 0.874. The Morgan fingerprint density at radius 2 is 2.13 bits per heavy atom. The summed E-state index contributed by atoms with van der Waals surface area (Å²) in [4.78, 5) is 22.4. The maximum absolute atomic E-state index is 12.3. The van der Waals surface area contributed by atoms with Gasteiger partial charge in [0.05, 0.1) is 5.69 Å². The van der Waals surface area contributed by atoms with Crippen molar-refractivity contribution in [1.29, 1.82) is 0 Å². The third-order valence-electron chi connectivity index (χ3n) is 4.16. The fourth-order valence-corrected chi connectivity index (χ4v) is 3.32. The molecule has 2 heterocycles. The van der Waals surface area contributed by atoms with Crippen LogP contribution in [0.2, 0.25) is 0 Å². The first kappa shape index (κ1) is 16.4. The Kier molecular flexibility index (Phi) is 4.43. The maximum Gasteiger partial charge on any atom is 0.254 e. The van der Waals surface area contributed by atoms with Gasteiger partial charge in [-0.25, -0.2) is 4.98 Å². The molecule has 0 fully saturated rings. The molecule has 0 bridgehead atoms. The average Bonchev–Trinajstić information content (AvgIpc) is 2.46. The highest BCUT2D eigenvalue weighted by molar-refractivity contribution is 9.10. The van der Waals surface area contributed by atoms with Crippen LogP contribution in [0.5, 0.6) is 0 Å². The van der Waals surface area contributed by atoms with E-state index >= 15 is 0 Å². The van der Waals surface area contributed by atoms with Gasteiger partial charge in [-0.2, -0.15) is 0 Å². The number of nitrogens with zero attached hydrogens (tertiary/aromatic N) is 2. The molecule has 1 aromatic heterocycles. The predicted molar refractivity (Wildman–Crippen MR) is 95.5 cm³/mol. The van der Waals surface area contributed by atoms with Crippen LogP contribution in [0.1, 0.15) is 43.4 Å². The smallest absolute Gasteiger partial charge is 0.254 e. The third-order valence-corrected chi connectivity index (χ3v) is 4.65. The minimum atomic E-state index is -0.152. The highest BCUT2D eigenvalue weighted by Gasteiger charge is 2.24. The Labute approximate surface area is 145 Å². The summed E-state index contributed by atoms with van der Waals surface area (Å²) in [6.07, 6.45) is 0.760. The molecule has 1 aliphatic rings. The number of hydrogen-bond acceptors (Lipinski definition) is 3. The maximum atomic E-state index is 12.3. The van der Waals surface area contributed by atoms with E-state index in [-0.39, 0.29) is 11.0 Å². The number of halogens is 1. The van der Waals surface area contributed by atoms with Crippen LogP contribution < -0.4 is 5.56 Å². The van der Waals surface area contributed by atoms with Gasteiger partial charge in [0, 0.05) is 35.1 Å². The van der Waals surface area contributed by atoms with Gasteiger partial charge in [-0.15, -0.1) is 0 Å². The van der Waals surface area contributed by atoms with Crippen molar-refractivity contribution in [3.63, 3.8) is 0 Å². The summed E-state index contributed by atoms with van der Waals surface area (Å²) in [6.45, 7) is 8.70. The minimum absolute atomic E-state index is 0.0297. The van der Waals surface area contributed by atoms with Gasteiger partial charge in [-0.05, 0) is 24.1 Å². The second-order valence-corrected chi connectivity index (χ2v) is 8.10. The van der Waals surface area contributed by atoms with Crippen molar-refractivity contribution < 1.29 is 0 Å². The van der Waals surface area contributed by atoms with Crippen LogP contribution in [0.3, 0.4) is 0 Å². The number of benzene rings is 1. The van der Waals surface area contributed by atoms with Crippen LogP contribution in [-0.4, -0.2) is 21.4 Å². The number of aromatic amines is 1. The molecular weight excluding hydrogens is 354 g/mol. The van der Waals surface area contributed by atoms with Gasteiger partial charge in [0.25, 0.3) is 5.56 Å². The summed E-state index contributed by atoms with van der Waals surface area (Å²) >= 11 is 3.52. The molecule has 2 aromatic rings. The van der Waals surface area contributed by atoms with Crippen molar-refractivity contribution in [1.82, 2.24) is 14.9 Å². The van der Waals surface area contributed by atoms with E-state index in [0.717, 1.165) is 47.6 Å². The average molecular weight is 376 g/mol. The Morgan fingerprint density at radius 3 is 2.83 bits per heavy atom. The number of H-pyrrole nitrogens is 1. The Balaban J connectivity index is 1.85. The minimum Gasteiger partial charge on any atom is -0.310 e. The summed E-state index contributed by atoms with van der Waals surface area (Å²) in [5.41, 5.74) is 2.93. The van der Waals surface area contributed by atoms with Crippen LogP contribution in [0.25, 0.3) is 0 Å². The molecule has 0 unspecified atom stereocenters. The standard InChI is InChI=1S/C18H22BrN3O/c1-18(2,3)17-20-15-11-22(8-7-14(15)16(23)21-17)10-12-5-4-6-13(19)9-12/h4-6,9H,7-8,10-11H2,1-3H3,(H,20,21,23). The number of rotatable bonds is 2. The first-order valence-corrected chi connectivity index (χ1v) is 8.71. The third kappa shape index (κ3) is 3.72. The molecule has 0 radical (unpaired) electrons. The first-order valence-electron chi connectivity index (χ1n) is 7.92. The molecule has 122 valence electrons. The molecule has 0 amide bonds. The molecule has 0 saturated carbocycles. The van der Waals surface area contributed by atoms with Gasteiger partial charge in [0.2, 0.25) is 0 Å².